The molecule has 4 rings (SSSR count). The van der Waals surface area contributed by atoms with E-state index >= 15 is 0 Å². The summed E-state index contributed by atoms with van der Waals surface area (Å²) in [7, 11) is 0. The zero-order chi connectivity index (χ0) is 17.1. The lowest BCUT2D eigenvalue weighted by Gasteiger charge is -2.26. The van der Waals surface area contributed by atoms with E-state index in [1.165, 1.54) is 23.3 Å². The number of nitrogens with one attached hydrogen (secondary N) is 1. The molecule has 126 valence electrons. The third-order valence-corrected chi connectivity index (χ3v) is 4.57. The Kier molecular flexibility index (Phi) is 4.39. The van der Waals surface area contributed by atoms with E-state index < -0.39 is 0 Å². The van der Waals surface area contributed by atoms with Gasteiger partial charge in [0.05, 0.1) is 11.9 Å². The Morgan fingerprint density at radius 3 is 2.68 bits per heavy atom. The monoisotopic (exact) mass is 334 g/mol. The number of aromatic amines is 1. The molecule has 3 aromatic rings. The maximum atomic E-state index is 13.1. The van der Waals surface area contributed by atoms with Gasteiger partial charge in [-0.1, -0.05) is 18.2 Å². The molecule has 1 aliphatic rings. The number of benzene rings is 1. The summed E-state index contributed by atoms with van der Waals surface area (Å²) in [6.07, 6.45) is 8.71. The van der Waals surface area contributed by atoms with Crippen molar-refractivity contribution in [3.05, 3.63) is 78.0 Å². The van der Waals surface area contributed by atoms with Crippen LogP contribution < -0.4 is 0 Å². The van der Waals surface area contributed by atoms with Crippen LogP contribution in [0.4, 0.5) is 4.39 Å². The van der Waals surface area contributed by atoms with Gasteiger partial charge >= 0.3 is 0 Å². The molecule has 0 bridgehead atoms. The van der Waals surface area contributed by atoms with Crippen LogP contribution in [0.3, 0.4) is 0 Å². The summed E-state index contributed by atoms with van der Waals surface area (Å²) in [5.74, 6) is -0.190. The first-order valence-electron chi connectivity index (χ1n) is 8.39. The Morgan fingerprint density at radius 1 is 1.08 bits per heavy atom. The van der Waals surface area contributed by atoms with Crippen molar-refractivity contribution in [3.63, 3.8) is 0 Å². The van der Waals surface area contributed by atoms with E-state index in [0.717, 1.165) is 42.9 Å². The number of hydrogen-bond donors (Lipinski definition) is 1. The summed E-state index contributed by atoms with van der Waals surface area (Å²) in [6, 6.07) is 10.7. The lowest BCUT2D eigenvalue weighted by Crippen LogP contribution is -2.28. The molecule has 0 spiro atoms. The van der Waals surface area contributed by atoms with Crippen molar-refractivity contribution in [2.75, 3.05) is 13.1 Å². The van der Waals surface area contributed by atoms with Crippen LogP contribution in [0.1, 0.15) is 17.5 Å². The summed E-state index contributed by atoms with van der Waals surface area (Å²) >= 11 is 0. The number of rotatable bonds is 4. The molecular formula is C20H19FN4. The zero-order valence-corrected chi connectivity index (χ0v) is 13.8. The molecule has 0 saturated carbocycles. The molecule has 2 aromatic heterocycles. The van der Waals surface area contributed by atoms with Crippen LogP contribution in [-0.2, 0) is 6.54 Å². The highest BCUT2D eigenvalue weighted by atomic mass is 19.1. The zero-order valence-electron chi connectivity index (χ0n) is 13.8. The Labute approximate surface area is 146 Å². The van der Waals surface area contributed by atoms with Crippen molar-refractivity contribution >= 4 is 5.57 Å². The second-order valence-corrected chi connectivity index (χ2v) is 6.23. The molecule has 4 nitrogen and oxygen atoms in total. The van der Waals surface area contributed by atoms with Crippen molar-refractivity contribution in [2.45, 2.75) is 13.0 Å². The van der Waals surface area contributed by atoms with E-state index in [-0.39, 0.29) is 5.82 Å². The fraction of sp³-hybridized carbons (Fsp3) is 0.200. The van der Waals surface area contributed by atoms with Crippen LogP contribution >= 0.6 is 0 Å². The highest BCUT2D eigenvalue weighted by molar-refractivity contribution is 5.66. The van der Waals surface area contributed by atoms with Crippen LogP contribution in [-0.4, -0.2) is 33.2 Å². The van der Waals surface area contributed by atoms with Crippen LogP contribution in [0.5, 0.6) is 0 Å². The Hall–Kier alpha value is -2.79. The minimum atomic E-state index is -0.190. The van der Waals surface area contributed by atoms with Gasteiger partial charge in [0, 0.05) is 43.2 Å². The number of H-pyrrole nitrogens is 1. The Morgan fingerprint density at radius 2 is 1.96 bits per heavy atom. The molecule has 0 atom stereocenters. The van der Waals surface area contributed by atoms with Gasteiger partial charge in [0.2, 0.25) is 0 Å². The molecule has 0 radical (unpaired) electrons. The fourth-order valence-corrected chi connectivity index (χ4v) is 3.21. The highest BCUT2D eigenvalue weighted by Gasteiger charge is 2.16. The summed E-state index contributed by atoms with van der Waals surface area (Å²) in [4.78, 5) is 6.57. The van der Waals surface area contributed by atoms with E-state index in [1.54, 1.807) is 6.20 Å². The fourth-order valence-electron chi connectivity index (χ4n) is 3.21. The number of nitrogens with zero attached hydrogens (tertiary/aromatic N) is 3. The average molecular weight is 334 g/mol. The van der Waals surface area contributed by atoms with Gasteiger partial charge in [-0.3, -0.25) is 15.0 Å². The van der Waals surface area contributed by atoms with Crippen molar-refractivity contribution in [2.24, 2.45) is 0 Å². The predicted octanol–water partition coefficient (Wildman–Crippen LogP) is 3.90. The average Bonchev–Trinajstić information content (AvgIpc) is 3.12. The van der Waals surface area contributed by atoms with Crippen molar-refractivity contribution in [1.82, 2.24) is 20.1 Å². The maximum Gasteiger partial charge on any atom is 0.123 e. The van der Waals surface area contributed by atoms with Gasteiger partial charge < -0.3 is 0 Å². The Bertz CT molecular complexity index is 868. The van der Waals surface area contributed by atoms with Gasteiger partial charge in [-0.05, 0) is 41.8 Å². The van der Waals surface area contributed by atoms with Gasteiger partial charge in [0.15, 0.2) is 0 Å². The summed E-state index contributed by atoms with van der Waals surface area (Å²) in [5, 5.41) is 7.29. The smallest absolute Gasteiger partial charge is 0.123 e. The molecular weight excluding hydrogens is 315 g/mol. The van der Waals surface area contributed by atoms with Crippen LogP contribution in [0, 0.1) is 5.82 Å². The second-order valence-electron chi connectivity index (χ2n) is 6.23. The highest BCUT2D eigenvalue weighted by Crippen LogP contribution is 2.25. The molecule has 0 fully saturated rings. The minimum absolute atomic E-state index is 0.190. The molecule has 0 unspecified atom stereocenters. The van der Waals surface area contributed by atoms with Crippen LogP contribution in [0.25, 0.3) is 16.8 Å². The number of pyridine rings is 1. The van der Waals surface area contributed by atoms with Gasteiger partial charge in [0.1, 0.15) is 5.82 Å². The van der Waals surface area contributed by atoms with Crippen LogP contribution in [0.2, 0.25) is 0 Å². The first kappa shape index (κ1) is 15.7. The summed E-state index contributed by atoms with van der Waals surface area (Å²) in [5.41, 5.74) is 5.65. The van der Waals surface area contributed by atoms with Gasteiger partial charge in [-0.15, -0.1) is 0 Å². The quantitative estimate of drug-likeness (QED) is 0.787. The van der Waals surface area contributed by atoms with Gasteiger partial charge in [-0.25, -0.2) is 4.39 Å². The number of hydrogen-bond acceptors (Lipinski definition) is 3. The molecule has 1 aromatic carbocycles. The molecule has 3 heterocycles. The summed E-state index contributed by atoms with van der Waals surface area (Å²) in [6.45, 7) is 2.69. The molecule has 25 heavy (non-hydrogen) atoms. The largest absolute Gasteiger partial charge is 0.295 e. The van der Waals surface area contributed by atoms with Crippen molar-refractivity contribution in [1.29, 1.82) is 0 Å². The van der Waals surface area contributed by atoms with E-state index in [0.29, 0.717) is 0 Å². The van der Waals surface area contributed by atoms with Crippen molar-refractivity contribution < 1.29 is 4.39 Å². The van der Waals surface area contributed by atoms with E-state index in [9.17, 15) is 4.39 Å². The third-order valence-electron chi connectivity index (χ3n) is 4.57. The molecule has 1 N–H and O–H groups in total. The van der Waals surface area contributed by atoms with Gasteiger partial charge in [0.25, 0.3) is 0 Å². The predicted molar refractivity (Wildman–Crippen MR) is 96.1 cm³/mol. The SMILES string of the molecule is Fc1ccc(C2=CCN(Cc3cn[nH]c3-c3cccnc3)CC2)cc1. The lowest BCUT2D eigenvalue weighted by molar-refractivity contribution is 0.294. The number of halogens is 1. The second kappa shape index (κ2) is 6.99. The van der Waals surface area contributed by atoms with E-state index in [2.05, 4.69) is 26.2 Å². The molecule has 1 aliphatic heterocycles. The van der Waals surface area contributed by atoms with Crippen LogP contribution in [0.15, 0.2) is 61.1 Å². The van der Waals surface area contributed by atoms with Crippen molar-refractivity contribution in [3.8, 4) is 11.3 Å². The topological polar surface area (TPSA) is 44.8 Å². The van der Waals surface area contributed by atoms with E-state index in [4.69, 9.17) is 0 Å². The normalized spacial score (nSPS) is 15.2. The summed E-state index contributed by atoms with van der Waals surface area (Å²) < 4.78 is 13.1. The molecule has 0 aliphatic carbocycles. The standard InChI is InChI=1S/C20H19FN4/c21-19-5-3-15(4-6-19)16-7-10-25(11-8-16)14-18-13-23-24-20(18)17-2-1-9-22-12-17/h1-7,9,12-13H,8,10-11,14H2,(H,23,24). The first-order valence-corrected chi connectivity index (χ1v) is 8.39. The van der Waals surface area contributed by atoms with E-state index in [1.807, 2.05) is 36.7 Å². The molecule has 0 saturated heterocycles. The first-order chi connectivity index (χ1) is 12.3. The third kappa shape index (κ3) is 3.51. The van der Waals surface area contributed by atoms with Gasteiger partial charge in [-0.2, -0.15) is 5.10 Å². The minimum Gasteiger partial charge on any atom is -0.295 e. The number of aromatic nitrogens is 3. The molecule has 0 amide bonds. The molecule has 5 heteroatoms. The Balaban J connectivity index is 1.46. The lowest BCUT2D eigenvalue weighted by atomic mass is 9.99. The maximum absolute atomic E-state index is 13.1.